The predicted octanol–water partition coefficient (Wildman–Crippen LogP) is 4.84. The highest BCUT2D eigenvalue weighted by atomic mass is 32.1. The number of fused-ring (bicyclic) bond motifs is 1. The Morgan fingerprint density at radius 1 is 0.964 bits per heavy atom. The lowest BCUT2D eigenvalue weighted by Gasteiger charge is -2.07. The highest BCUT2D eigenvalue weighted by Crippen LogP contribution is 2.29. The van der Waals surface area contributed by atoms with Gasteiger partial charge in [0.15, 0.2) is 0 Å². The molecule has 3 aromatic carbocycles. The molecule has 0 aliphatic rings. The molecule has 0 fully saturated rings. The van der Waals surface area contributed by atoms with E-state index in [2.05, 4.69) is 28.5 Å². The number of nitrogens with one attached hydrogen (secondary N) is 1. The van der Waals surface area contributed by atoms with Crippen LogP contribution in [0.25, 0.3) is 22.0 Å². The second-order valence-corrected chi connectivity index (χ2v) is 7.17. The number of aromatic carboxylic acids is 1. The monoisotopic (exact) mass is 388 g/mol. The number of carbonyl (C=O) groups excluding carboxylic acids is 1. The first-order chi connectivity index (χ1) is 13.6. The van der Waals surface area contributed by atoms with Gasteiger partial charge >= 0.3 is 5.97 Å². The Kier molecular flexibility index (Phi) is 4.87. The number of nitrogens with zero attached hydrogens (tertiary/aromatic N) is 1. The number of carbonyl (C=O) groups is 2. The molecule has 0 aliphatic heterocycles. The van der Waals surface area contributed by atoms with E-state index in [9.17, 15) is 14.7 Å². The van der Waals surface area contributed by atoms with Crippen LogP contribution in [0.15, 0.2) is 72.1 Å². The van der Waals surface area contributed by atoms with Crippen molar-refractivity contribution in [1.82, 2.24) is 4.98 Å². The average molecular weight is 388 g/mol. The van der Waals surface area contributed by atoms with E-state index in [4.69, 9.17) is 0 Å². The van der Waals surface area contributed by atoms with Crippen LogP contribution in [0.3, 0.4) is 0 Å². The van der Waals surface area contributed by atoms with Crippen LogP contribution in [0.2, 0.25) is 0 Å². The Morgan fingerprint density at radius 3 is 2.57 bits per heavy atom. The first-order valence-corrected chi connectivity index (χ1v) is 9.54. The van der Waals surface area contributed by atoms with Gasteiger partial charge in [-0.1, -0.05) is 54.6 Å². The van der Waals surface area contributed by atoms with Gasteiger partial charge in [0.25, 0.3) is 0 Å². The van der Waals surface area contributed by atoms with Crippen LogP contribution >= 0.6 is 11.3 Å². The van der Waals surface area contributed by atoms with Gasteiger partial charge in [-0.25, -0.2) is 9.78 Å². The van der Waals surface area contributed by atoms with Gasteiger partial charge in [-0.15, -0.1) is 11.3 Å². The maximum atomic E-state index is 12.4. The number of hydrogen-bond acceptors (Lipinski definition) is 4. The number of aromatic nitrogens is 1. The molecule has 0 atom stereocenters. The van der Waals surface area contributed by atoms with E-state index in [0.717, 1.165) is 22.0 Å². The highest BCUT2D eigenvalue weighted by Gasteiger charge is 2.14. The maximum Gasteiger partial charge on any atom is 0.337 e. The molecule has 138 valence electrons. The SMILES string of the molecule is O=C(Cc1nc(-c2cccc3ccccc23)cs1)Nc1ccccc1C(=O)O. The second kappa shape index (κ2) is 7.62. The second-order valence-electron chi connectivity index (χ2n) is 6.23. The van der Waals surface area contributed by atoms with Crippen molar-refractivity contribution in [1.29, 1.82) is 0 Å². The number of amides is 1. The lowest BCUT2D eigenvalue weighted by Crippen LogP contribution is -2.16. The van der Waals surface area contributed by atoms with Gasteiger partial charge < -0.3 is 10.4 Å². The molecule has 1 heterocycles. The summed E-state index contributed by atoms with van der Waals surface area (Å²) in [6.45, 7) is 0. The summed E-state index contributed by atoms with van der Waals surface area (Å²) in [5, 5.41) is 16.8. The molecule has 0 radical (unpaired) electrons. The number of para-hydroxylation sites is 1. The molecule has 1 amide bonds. The smallest absolute Gasteiger partial charge is 0.337 e. The molecule has 5 nitrogen and oxygen atoms in total. The molecule has 0 spiro atoms. The fourth-order valence-electron chi connectivity index (χ4n) is 3.07. The maximum absolute atomic E-state index is 12.4. The Labute approximate surface area is 165 Å². The van der Waals surface area contributed by atoms with Crippen molar-refractivity contribution in [3.63, 3.8) is 0 Å². The highest BCUT2D eigenvalue weighted by molar-refractivity contribution is 7.10. The van der Waals surface area contributed by atoms with E-state index < -0.39 is 5.97 Å². The average Bonchev–Trinajstić information content (AvgIpc) is 3.16. The third-order valence-electron chi connectivity index (χ3n) is 4.36. The number of hydrogen-bond donors (Lipinski definition) is 2. The summed E-state index contributed by atoms with van der Waals surface area (Å²) >= 11 is 1.41. The lowest BCUT2D eigenvalue weighted by molar-refractivity contribution is -0.115. The normalized spacial score (nSPS) is 10.7. The summed E-state index contributed by atoms with van der Waals surface area (Å²) in [6.07, 6.45) is 0.0867. The van der Waals surface area contributed by atoms with E-state index in [-0.39, 0.29) is 23.6 Å². The van der Waals surface area contributed by atoms with Crippen LogP contribution in [0.5, 0.6) is 0 Å². The Bertz CT molecular complexity index is 1180. The van der Waals surface area contributed by atoms with Crippen molar-refractivity contribution in [2.24, 2.45) is 0 Å². The number of carboxylic acids is 1. The summed E-state index contributed by atoms with van der Waals surface area (Å²) < 4.78 is 0. The molecular weight excluding hydrogens is 372 g/mol. The molecule has 28 heavy (non-hydrogen) atoms. The van der Waals surface area contributed by atoms with Crippen LogP contribution in [0.4, 0.5) is 5.69 Å². The number of rotatable bonds is 5. The van der Waals surface area contributed by atoms with Crippen molar-refractivity contribution in [2.75, 3.05) is 5.32 Å². The molecular formula is C22H16N2O3S. The van der Waals surface area contributed by atoms with Crippen molar-refractivity contribution in [3.8, 4) is 11.3 Å². The quantitative estimate of drug-likeness (QED) is 0.513. The third kappa shape index (κ3) is 3.63. The largest absolute Gasteiger partial charge is 0.478 e. The predicted molar refractivity (Wildman–Crippen MR) is 111 cm³/mol. The molecule has 0 bridgehead atoms. The van der Waals surface area contributed by atoms with Crippen molar-refractivity contribution >= 4 is 39.7 Å². The van der Waals surface area contributed by atoms with Gasteiger partial charge in [0.2, 0.25) is 5.91 Å². The van der Waals surface area contributed by atoms with Gasteiger partial charge in [-0.05, 0) is 22.9 Å². The fourth-order valence-corrected chi connectivity index (χ4v) is 3.87. The molecule has 0 saturated heterocycles. The van der Waals surface area contributed by atoms with E-state index >= 15 is 0 Å². The Balaban J connectivity index is 1.54. The van der Waals surface area contributed by atoms with E-state index in [1.165, 1.54) is 17.4 Å². The zero-order valence-electron chi connectivity index (χ0n) is 14.8. The molecule has 0 unspecified atom stereocenters. The van der Waals surface area contributed by atoms with Crippen molar-refractivity contribution in [3.05, 3.63) is 82.7 Å². The van der Waals surface area contributed by atoms with Crippen LogP contribution < -0.4 is 5.32 Å². The summed E-state index contributed by atoms with van der Waals surface area (Å²) in [5.74, 6) is -1.38. The summed E-state index contributed by atoms with van der Waals surface area (Å²) in [6, 6.07) is 20.5. The third-order valence-corrected chi connectivity index (χ3v) is 5.21. The van der Waals surface area contributed by atoms with E-state index in [0.29, 0.717) is 5.01 Å². The Hall–Kier alpha value is -3.51. The lowest BCUT2D eigenvalue weighted by atomic mass is 10.0. The molecule has 0 aliphatic carbocycles. The van der Waals surface area contributed by atoms with Crippen LogP contribution in [0, 0.1) is 0 Å². The molecule has 6 heteroatoms. The summed E-state index contributed by atoms with van der Waals surface area (Å²) in [4.78, 5) is 28.3. The number of anilines is 1. The first-order valence-electron chi connectivity index (χ1n) is 8.66. The van der Waals surface area contributed by atoms with E-state index in [1.54, 1.807) is 18.2 Å². The summed E-state index contributed by atoms with van der Waals surface area (Å²) in [7, 11) is 0. The topological polar surface area (TPSA) is 79.3 Å². The van der Waals surface area contributed by atoms with Crippen molar-refractivity contribution < 1.29 is 14.7 Å². The molecule has 2 N–H and O–H groups in total. The molecule has 1 aromatic heterocycles. The Morgan fingerprint density at radius 2 is 1.71 bits per heavy atom. The molecule has 0 saturated carbocycles. The van der Waals surface area contributed by atoms with Gasteiger partial charge in [-0.3, -0.25) is 4.79 Å². The minimum atomic E-state index is -1.08. The number of benzene rings is 3. The van der Waals surface area contributed by atoms with Gasteiger partial charge in [0, 0.05) is 10.9 Å². The van der Waals surface area contributed by atoms with E-state index in [1.807, 2.05) is 29.6 Å². The van der Waals surface area contributed by atoms with Gasteiger partial charge in [0.05, 0.1) is 23.4 Å². The number of thiazole rings is 1. The van der Waals surface area contributed by atoms with Gasteiger partial charge in [0.1, 0.15) is 5.01 Å². The van der Waals surface area contributed by atoms with Crippen LogP contribution in [-0.2, 0) is 11.2 Å². The zero-order chi connectivity index (χ0) is 19.5. The van der Waals surface area contributed by atoms with Crippen LogP contribution in [0.1, 0.15) is 15.4 Å². The summed E-state index contributed by atoms with van der Waals surface area (Å²) in [5.41, 5.74) is 2.20. The molecule has 4 aromatic rings. The molecule has 4 rings (SSSR count). The first kappa shape index (κ1) is 17.9. The minimum absolute atomic E-state index is 0.0615. The minimum Gasteiger partial charge on any atom is -0.478 e. The van der Waals surface area contributed by atoms with Gasteiger partial charge in [-0.2, -0.15) is 0 Å². The van der Waals surface area contributed by atoms with Crippen molar-refractivity contribution in [2.45, 2.75) is 6.42 Å². The van der Waals surface area contributed by atoms with Crippen LogP contribution in [-0.4, -0.2) is 22.0 Å². The zero-order valence-corrected chi connectivity index (χ0v) is 15.6. The fraction of sp³-hybridized carbons (Fsp3) is 0.0455. The number of carboxylic acid groups (broad SMARTS) is 1. The standard InChI is InChI=1S/C22H16N2O3S/c25-20(23-18-11-4-3-9-17(18)22(26)27)12-21-24-19(13-28-21)16-10-5-7-14-6-1-2-8-15(14)16/h1-11,13H,12H2,(H,23,25)(H,26,27).